The lowest BCUT2D eigenvalue weighted by Crippen LogP contribution is -2.23. The molecule has 1 aromatic rings. The van der Waals surface area contributed by atoms with E-state index in [2.05, 4.69) is 18.3 Å². The molecule has 0 fully saturated rings. The van der Waals surface area contributed by atoms with Gasteiger partial charge in [0.1, 0.15) is 0 Å². The highest BCUT2D eigenvalue weighted by Crippen LogP contribution is 2.09. The van der Waals surface area contributed by atoms with E-state index in [1.165, 1.54) is 0 Å². The highest BCUT2D eigenvalue weighted by atomic mass is 35.5. The second-order valence-electron chi connectivity index (χ2n) is 3.48. The number of hydrogen-bond acceptors (Lipinski definition) is 1. The van der Waals surface area contributed by atoms with Crippen LogP contribution in [0.1, 0.15) is 30.1 Å². The van der Waals surface area contributed by atoms with Gasteiger partial charge < -0.3 is 5.32 Å². The Balaban J connectivity index is 2.38. The van der Waals surface area contributed by atoms with Crippen LogP contribution in [0.25, 0.3) is 0 Å². The normalized spacial score (nSPS) is 10.6. The summed E-state index contributed by atoms with van der Waals surface area (Å²) in [4.78, 5) is 11.6. The van der Waals surface area contributed by atoms with Gasteiger partial charge in [-0.05, 0) is 30.7 Å². The molecule has 16 heavy (non-hydrogen) atoms. The van der Waals surface area contributed by atoms with Gasteiger partial charge in [-0.1, -0.05) is 37.1 Å². The molecule has 86 valence electrons. The van der Waals surface area contributed by atoms with Crippen LogP contribution in [0.4, 0.5) is 0 Å². The van der Waals surface area contributed by atoms with Gasteiger partial charge in [-0.15, -0.1) is 0 Å². The molecule has 0 atom stereocenters. The first kappa shape index (κ1) is 12.8. The van der Waals surface area contributed by atoms with E-state index in [0.717, 1.165) is 12.8 Å². The second-order valence-corrected chi connectivity index (χ2v) is 3.91. The molecule has 0 heterocycles. The molecule has 0 radical (unpaired) electrons. The van der Waals surface area contributed by atoms with Crippen molar-refractivity contribution < 1.29 is 4.79 Å². The van der Waals surface area contributed by atoms with Crippen molar-refractivity contribution in [3.05, 3.63) is 47.0 Å². The van der Waals surface area contributed by atoms with Crippen LogP contribution in [0.2, 0.25) is 5.02 Å². The molecule has 0 aliphatic carbocycles. The van der Waals surface area contributed by atoms with Crippen molar-refractivity contribution in [2.45, 2.75) is 19.8 Å². The van der Waals surface area contributed by atoms with Crippen LogP contribution >= 0.6 is 11.6 Å². The summed E-state index contributed by atoms with van der Waals surface area (Å²) in [7, 11) is 0. The van der Waals surface area contributed by atoms with Crippen molar-refractivity contribution in [3.63, 3.8) is 0 Å². The maximum absolute atomic E-state index is 11.6. The minimum absolute atomic E-state index is 0.0715. The minimum atomic E-state index is -0.0715. The second kappa shape index (κ2) is 7.07. The first-order valence-electron chi connectivity index (χ1n) is 5.42. The smallest absolute Gasteiger partial charge is 0.251 e. The molecule has 1 amide bonds. The third-order valence-electron chi connectivity index (χ3n) is 2.11. The number of amides is 1. The maximum atomic E-state index is 11.6. The zero-order valence-corrected chi connectivity index (χ0v) is 10.1. The molecule has 0 aliphatic heterocycles. The number of carbonyl (C=O) groups is 1. The fraction of sp³-hybridized carbons (Fsp3) is 0.308. The van der Waals surface area contributed by atoms with Gasteiger partial charge in [-0.25, -0.2) is 0 Å². The Morgan fingerprint density at radius 2 is 2.00 bits per heavy atom. The van der Waals surface area contributed by atoms with E-state index in [9.17, 15) is 4.79 Å². The summed E-state index contributed by atoms with van der Waals surface area (Å²) in [6, 6.07) is 6.85. The van der Waals surface area contributed by atoms with Crippen molar-refractivity contribution in [1.82, 2.24) is 5.32 Å². The first-order chi connectivity index (χ1) is 7.74. The lowest BCUT2D eigenvalue weighted by atomic mass is 10.2. The number of benzene rings is 1. The quantitative estimate of drug-likeness (QED) is 0.782. The molecule has 1 aromatic carbocycles. The average Bonchev–Trinajstić information content (AvgIpc) is 2.29. The van der Waals surface area contributed by atoms with Crippen LogP contribution in [-0.4, -0.2) is 12.5 Å². The van der Waals surface area contributed by atoms with Gasteiger partial charge in [0, 0.05) is 17.1 Å². The van der Waals surface area contributed by atoms with E-state index in [-0.39, 0.29) is 5.91 Å². The topological polar surface area (TPSA) is 29.1 Å². The average molecular weight is 238 g/mol. The fourth-order valence-corrected chi connectivity index (χ4v) is 1.35. The molecule has 2 nitrogen and oxygen atoms in total. The predicted octanol–water partition coefficient (Wildman–Crippen LogP) is 3.43. The Bertz CT molecular complexity index is 357. The summed E-state index contributed by atoms with van der Waals surface area (Å²) in [5.74, 6) is -0.0715. The van der Waals surface area contributed by atoms with E-state index in [4.69, 9.17) is 11.6 Å². The Morgan fingerprint density at radius 1 is 1.31 bits per heavy atom. The van der Waals surface area contributed by atoms with E-state index >= 15 is 0 Å². The Kier molecular flexibility index (Phi) is 5.65. The number of halogens is 1. The van der Waals surface area contributed by atoms with E-state index in [1.807, 2.05) is 6.08 Å². The monoisotopic (exact) mass is 237 g/mol. The Labute approximate surface area is 101 Å². The van der Waals surface area contributed by atoms with Crippen molar-refractivity contribution in [3.8, 4) is 0 Å². The summed E-state index contributed by atoms with van der Waals surface area (Å²) in [5, 5.41) is 3.45. The number of allylic oxidation sites excluding steroid dienone is 1. The molecule has 1 N–H and O–H groups in total. The molecule has 0 spiro atoms. The molecule has 0 bridgehead atoms. The Hall–Kier alpha value is -1.28. The van der Waals surface area contributed by atoms with Crippen LogP contribution < -0.4 is 5.32 Å². The van der Waals surface area contributed by atoms with Gasteiger partial charge in [0.05, 0.1) is 0 Å². The van der Waals surface area contributed by atoms with Gasteiger partial charge in [0.15, 0.2) is 0 Å². The summed E-state index contributed by atoms with van der Waals surface area (Å²) in [6.07, 6.45) is 6.22. The van der Waals surface area contributed by atoms with Crippen LogP contribution in [-0.2, 0) is 0 Å². The van der Waals surface area contributed by atoms with Gasteiger partial charge in [0.25, 0.3) is 5.91 Å². The van der Waals surface area contributed by atoms with Gasteiger partial charge in [0.2, 0.25) is 0 Å². The van der Waals surface area contributed by atoms with E-state index < -0.39 is 0 Å². The molecule has 0 saturated carbocycles. The van der Waals surface area contributed by atoms with E-state index in [1.54, 1.807) is 24.3 Å². The number of unbranched alkanes of at least 4 members (excludes halogenated alkanes) is 1. The summed E-state index contributed by atoms with van der Waals surface area (Å²) in [6.45, 7) is 2.69. The zero-order valence-electron chi connectivity index (χ0n) is 9.37. The Morgan fingerprint density at radius 3 is 2.62 bits per heavy atom. The maximum Gasteiger partial charge on any atom is 0.251 e. The first-order valence-corrected chi connectivity index (χ1v) is 5.80. The third-order valence-corrected chi connectivity index (χ3v) is 2.36. The molecule has 0 aromatic heterocycles. The molecular formula is C13H16ClNO. The highest BCUT2D eigenvalue weighted by molar-refractivity contribution is 6.30. The summed E-state index contributed by atoms with van der Waals surface area (Å²) < 4.78 is 0. The van der Waals surface area contributed by atoms with Crippen molar-refractivity contribution in [2.24, 2.45) is 0 Å². The number of hydrogen-bond donors (Lipinski definition) is 1. The van der Waals surface area contributed by atoms with Gasteiger partial charge in [-0.2, -0.15) is 0 Å². The minimum Gasteiger partial charge on any atom is -0.349 e. The van der Waals surface area contributed by atoms with Crippen LogP contribution in [0.15, 0.2) is 36.4 Å². The molecule has 3 heteroatoms. The standard InChI is InChI=1S/C13H16ClNO/c1-2-3-4-5-10-15-13(16)11-6-8-12(14)9-7-11/h4-9H,2-3,10H2,1H3,(H,15,16)/b5-4+. The van der Waals surface area contributed by atoms with Crippen molar-refractivity contribution in [1.29, 1.82) is 0 Å². The lowest BCUT2D eigenvalue weighted by molar-refractivity contribution is 0.0958. The number of nitrogens with one attached hydrogen (secondary N) is 1. The fourth-order valence-electron chi connectivity index (χ4n) is 1.22. The third kappa shape index (κ3) is 4.49. The van der Waals surface area contributed by atoms with Gasteiger partial charge >= 0.3 is 0 Å². The van der Waals surface area contributed by atoms with Crippen LogP contribution in [0.3, 0.4) is 0 Å². The highest BCUT2D eigenvalue weighted by Gasteiger charge is 2.02. The summed E-state index contributed by atoms with van der Waals surface area (Å²) >= 11 is 5.74. The lowest BCUT2D eigenvalue weighted by Gasteiger charge is -2.01. The number of rotatable bonds is 5. The molecule has 0 saturated heterocycles. The zero-order chi connectivity index (χ0) is 11.8. The van der Waals surface area contributed by atoms with E-state index in [0.29, 0.717) is 17.1 Å². The van der Waals surface area contributed by atoms with Crippen LogP contribution in [0.5, 0.6) is 0 Å². The predicted molar refractivity (Wildman–Crippen MR) is 67.8 cm³/mol. The molecule has 0 unspecified atom stereocenters. The molecule has 1 rings (SSSR count). The SMILES string of the molecule is CCC/C=C/CNC(=O)c1ccc(Cl)cc1. The molecular weight excluding hydrogens is 222 g/mol. The number of carbonyl (C=O) groups excluding carboxylic acids is 1. The van der Waals surface area contributed by atoms with Crippen LogP contribution in [0, 0.1) is 0 Å². The largest absolute Gasteiger partial charge is 0.349 e. The van der Waals surface area contributed by atoms with Crippen molar-refractivity contribution >= 4 is 17.5 Å². The van der Waals surface area contributed by atoms with Crippen molar-refractivity contribution in [2.75, 3.05) is 6.54 Å². The van der Waals surface area contributed by atoms with Gasteiger partial charge in [-0.3, -0.25) is 4.79 Å². The molecule has 0 aliphatic rings. The summed E-state index contributed by atoms with van der Waals surface area (Å²) in [5.41, 5.74) is 0.633.